The van der Waals surface area contributed by atoms with Crippen LogP contribution in [0.1, 0.15) is 44.2 Å². The Morgan fingerprint density at radius 2 is 2.00 bits per heavy atom. The quantitative estimate of drug-likeness (QED) is 0.817. The molecule has 1 N–H and O–H groups in total. The molecule has 1 atom stereocenters. The third-order valence-corrected chi connectivity index (χ3v) is 5.40. The Labute approximate surface area is 109 Å². The molecule has 1 fully saturated rings. The second-order valence-electron chi connectivity index (χ2n) is 4.99. The van der Waals surface area contributed by atoms with E-state index in [0.717, 1.165) is 13.0 Å². The summed E-state index contributed by atoms with van der Waals surface area (Å²) in [4.78, 5) is 0. The van der Waals surface area contributed by atoms with Gasteiger partial charge in [-0.05, 0) is 31.1 Å². The van der Waals surface area contributed by atoms with Gasteiger partial charge in [0.05, 0.1) is 0 Å². The largest absolute Gasteiger partial charge is 0.309 e. The first-order chi connectivity index (χ1) is 8.29. The molecule has 0 bridgehead atoms. The molecule has 0 aliphatic heterocycles. The van der Waals surface area contributed by atoms with Crippen LogP contribution in [0.4, 0.5) is 0 Å². The third kappa shape index (κ3) is 3.05. The summed E-state index contributed by atoms with van der Waals surface area (Å²) in [5.74, 6) is 0. The number of hydrogen-bond donors (Lipinski definition) is 1. The van der Waals surface area contributed by atoms with Gasteiger partial charge in [0.15, 0.2) is 0 Å². The molecule has 1 aromatic carbocycles. The molecule has 1 aliphatic rings. The van der Waals surface area contributed by atoms with E-state index in [-0.39, 0.29) is 0 Å². The minimum absolute atomic E-state index is 0.515. The Morgan fingerprint density at radius 3 is 2.47 bits per heavy atom. The lowest BCUT2D eigenvalue weighted by Gasteiger charge is -2.41. The maximum Gasteiger partial charge on any atom is 0.0318 e. The van der Waals surface area contributed by atoms with Crippen molar-refractivity contribution in [1.82, 2.24) is 5.32 Å². The van der Waals surface area contributed by atoms with Gasteiger partial charge in [-0.25, -0.2) is 0 Å². The van der Waals surface area contributed by atoms with Crippen LogP contribution in [-0.2, 0) is 0 Å². The first kappa shape index (κ1) is 13.0. The van der Waals surface area contributed by atoms with Gasteiger partial charge in [-0.2, -0.15) is 11.8 Å². The number of hydrogen-bond acceptors (Lipinski definition) is 2. The summed E-state index contributed by atoms with van der Waals surface area (Å²) in [6.07, 6.45) is 7.59. The summed E-state index contributed by atoms with van der Waals surface area (Å²) < 4.78 is 0.530. The van der Waals surface area contributed by atoms with E-state index in [2.05, 4.69) is 48.8 Å². The van der Waals surface area contributed by atoms with Crippen LogP contribution in [0.15, 0.2) is 30.3 Å². The molecule has 1 aliphatic carbocycles. The average molecular weight is 249 g/mol. The molecule has 0 radical (unpaired) electrons. The normalized spacial score (nSPS) is 19.6. The van der Waals surface area contributed by atoms with E-state index in [1.54, 1.807) is 0 Å². The lowest BCUT2D eigenvalue weighted by molar-refractivity contribution is 0.328. The Balaban J connectivity index is 1.92. The van der Waals surface area contributed by atoms with Crippen molar-refractivity contribution in [1.29, 1.82) is 0 Å². The smallest absolute Gasteiger partial charge is 0.0318 e. The van der Waals surface area contributed by atoms with Crippen molar-refractivity contribution in [2.45, 2.75) is 43.4 Å². The van der Waals surface area contributed by atoms with E-state index in [4.69, 9.17) is 0 Å². The monoisotopic (exact) mass is 249 g/mol. The van der Waals surface area contributed by atoms with Gasteiger partial charge in [0.2, 0.25) is 0 Å². The molecule has 1 nitrogen and oxygen atoms in total. The Hall–Kier alpha value is -0.470. The van der Waals surface area contributed by atoms with E-state index in [1.165, 1.54) is 24.8 Å². The van der Waals surface area contributed by atoms with Crippen LogP contribution < -0.4 is 5.32 Å². The molecular formula is C15H23NS. The van der Waals surface area contributed by atoms with E-state index in [9.17, 15) is 0 Å². The highest BCUT2D eigenvalue weighted by molar-refractivity contribution is 8.00. The van der Waals surface area contributed by atoms with Crippen LogP contribution in [0.5, 0.6) is 0 Å². The van der Waals surface area contributed by atoms with Crippen LogP contribution in [0, 0.1) is 0 Å². The number of thioether (sulfide) groups is 1. The van der Waals surface area contributed by atoms with Crippen molar-refractivity contribution in [3.8, 4) is 0 Å². The summed E-state index contributed by atoms with van der Waals surface area (Å²) in [6, 6.07) is 11.3. The Bertz CT molecular complexity index is 327. The van der Waals surface area contributed by atoms with Gasteiger partial charge in [-0.1, -0.05) is 43.7 Å². The van der Waals surface area contributed by atoms with E-state index in [0.29, 0.717) is 10.8 Å². The first-order valence-corrected chi connectivity index (χ1v) is 7.85. The van der Waals surface area contributed by atoms with Gasteiger partial charge in [0.25, 0.3) is 0 Å². The molecule has 0 spiro atoms. The maximum atomic E-state index is 3.76. The van der Waals surface area contributed by atoms with Crippen molar-refractivity contribution in [3.63, 3.8) is 0 Å². The van der Waals surface area contributed by atoms with Crippen molar-refractivity contribution < 1.29 is 0 Å². The summed E-state index contributed by atoms with van der Waals surface area (Å²) in [5.41, 5.74) is 1.42. The predicted octanol–water partition coefficient (Wildman–Crippen LogP) is 4.01. The Morgan fingerprint density at radius 1 is 1.29 bits per heavy atom. The van der Waals surface area contributed by atoms with Gasteiger partial charge >= 0.3 is 0 Å². The van der Waals surface area contributed by atoms with Gasteiger partial charge in [-0.3, -0.25) is 0 Å². The Kier molecular flexibility index (Phi) is 4.52. The minimum atomic E-state index is 0.515. The summed E-state index contributed by atoms with van der Waals surface area (Å²) in [5, 5.41) is 3.76. The fourth-order valence-corrected chi connectivity index (χ4v) is 3.44. The summed E-state index contributed by atoms with van der Waals surface area (Å²) >= 11 is 2.04. The van der Waals surface area contributed by atoms with Crippen molar-refractivity contribution in [3.05, 3.63) is 35.9 Å². The van der Waals surface area contributed by atoms with Crippen LogP contribution >= 0.6 is 11.8 Å². The van der Waals surface area contributed by atoms with E-state index in [1.807, 2.05) is 11.8 Å². The van der Waals surface area contributed by atoms with Crippen LogP contribution in [0.2, 0.25) is 0 Å². The molecule has 0 aromatic heterocycles. The molecular weight excluding hydrogens is 226 g/mol. The first-order valence-electron chi connectivity index (χ1n) is 6.63. The zero-order valence-corrected chi connectivity index (χ0v) is 11.7. The highest BCUT2D eigenvalue weighted by Gasteiger charge is 2.36. The molecule has 0 amide bonds. The molecule has 1 saturated carbocycles. The van der Waals surface area contributed by atoms with Gasteiger partial charge < -0.3 is 5.32 Å². The second kappa shape index (κ2) is 5.92. The molecule has 0 saturated heterocycles. The zero-order chi connectivity index (χ0) is 12.1. The summed E-state index contributed by atoms with van der Waals surface area (Å²) in [6.45, 7) is 3.42. The molecule has 17 heavy (non-hydrogen) atoms. The van der Waals surface area contributed by atoms with Gasteiger partial charge in [0.1, 0.15) is 0 Å². The maximum absolute atomic E-state index is 3.76. The predicted molar refractivity (Wildman–Crippen MR) is 77.6 cm³/mol. The van der Waals surface area contributed by atoms with Crippen LogP contribution in [0.3, 0.4) is 0 Å². The SMILES string of the molecule is CCC(NCC1(SC)CCC1)c1ccccc1. The van der Waals surface area contributed by atoms with Crippen molar-refractivity contribution in [2.75, 3.05) is 12.8 Å². The van der Waals surface area contributed by atoms with Gasteiger partial charge in [-0.15, -0.1) is 0 Å². The fourth-order valence-electron chi connectivity index (χ4n) is 2.52. The molecule has 0 heterocycles. The molecule has 2 rings (SSSR count). The van der Waals surface area contributed by atoms with Gasteiger partial charge in [0, 0.05) is 17.3 Å². The fraction of sp³-hybridized carbons (Fsp3) is 0.600. The minimum Gasteiger partial charge on any atom is -0.309 e. The number of benzene rings is 1. The number of nitrogens with one attached hydrogen (secondary N) is 1. The van der Waals surface area contributed by atoms with E-state index >= 15 is 0 Å². The molecule has 1 aromatic rings. The standard InChI is InChI=1S/C15H23NS/c1-3-14(13-8-5-4-6-9-13)16-12-15(17-2)10-7-11-15/h4-6,8-9,14,16H,3,7,10-12H2,1-2H3. The average Bonchev–Trinajstić information content (AvgIpc) is 2.34. The van der Waals surface area contributed by atoms with Crippen LogP contribution in [0.25, 0.3) is 0 Å². The lowest BCUT2D eigenvalue weighted by atomic mass is 9.84. The van der Waals surface area contributed by atoms with Crippen molar-refractivity contribution in [2.24, 2.45) is 0 Å². The second-order valence-corrected chi connectivity index (χ2v) is 6.27. The summed E-state index contributed by atoms with van der Waals surface area (Å²) in [7, 11) is 0. The highest BCUT2D eigenvalue weighted by Crippen LogP contribution is 2.42. The third-order valence-electron chi connectivity index (χ3n) is 3.98. The molecule has 94 valence electrons. The van der Waals surface area contributed by atoms with E-state index < -0.39 is 0 Å². The highest BCUT2D eigenvalue weighted by atomic mass is 32.2. The van der Waals surface area contributed by atoms with Crippen molar-refractivity contribution >= 4 is 11.8 Å². The topological polar surface area (TPSA) is 12.0 Å². The zero-order valence-electron chi connectivity index (χ0n) is 10.9. The number of rotatable bonds is 6. The molecule has 1 unspecified atom stereocenters. The van der Waals surface area contributed by atoms with Crippen LogP contribution in [-0.4, -0.2) is 17.5 Å². The molecule has 2 heteroatoms. The lowest BCUT2D eigenvalue weighted by Crippen LogP contribution is -2.44.